The minimum absolute atomic E-state index is 0.0586. The molecule has 1 fully saturated rings. The van der Waals surface area contributed by atoms with E-state index in [1.165, 1.54) is 30.0 Å². The third-order valence-corrected chi connectivity index (χ3v) is 6.29. The maximum atomic E-state index is 10.5. The second-order valence-corrected chi connectivity index (χ2v) is 8.94. The summed E-state index contributed by atoms with van der Waals surface area (Å²) in [7, 11) is 1.61. The summed E-state index contributed by atoms with van der Waals surface area (Å²) in [5, 5.41) is 16.4. The summed E-state index contributed by atoms with van der Waals surface area (Å²) in [5.74, 6) is 0.839. The fraction of sp³-hybridized carbons (Fsp3) is 0.286. The minimum Gasteiger partial charge on any atom is -0.506 e. The Hall–Kier alpha value is -3.59. The van der Waals surface area contributed by atoms with Crippen molar-refractivity contribution in [2.75, 3.05) is 46.4 Å². The highest BCUT2D eigenvalue weighted by Gasteiger charge is 2.16. The predicted molar refractivity (Wildman–Crippen MR) is 146 cm³/mol. The zero-order valence-corrected chi connectivity index (χ0v) is 21.7. The number of phenolic OH excluding ortho intramolecular Hbond substituents is 1. The monoisotopic (exact) mass is 524 g/mol. The predicted octanol–water partition coefficient (Wildman–Crippen LogP) is 4.03. The van der Waals surface area contributed by atoms with E-state index in [9.17, 15) is 4.79 Å². The van der Waals surface area contributed by atoms with E-state index >= 15 is 0 Å². The lowest BCUT2D eigenvalue weighted by molar-refractivity contribution is 0.100. The Kier molecular flexibility index (Phi) is 10.8. The first-order chi connectivity index (χ1) is 17.9. The molecule has 4 N–H and O–H groups in total. The fourth-order valence-electron chi connectivity index (χ4n) is 3.87. The number of hydrogen-bond donors (Lipinski definition) is 3. The van der Waals surface area contributed by atoms with Crippen molar-refractivity contribution in [2.24, 2.45) is 5.73 Å². The topological polar surface area (TPSA) is 112 Å². The van der Waals surface area contributed by atoms with Crippen molar-refractivity contribution >= 4 is 23.7 Å². The average Bonchev–Trinajstić information content (AvgIpc) is 2.92. The van der Waals surface area contributed by atoms with Crippen molar-refractivity contribution in [3.8, 4) is 17.2 Å². The molecule has 8 nitrogen and oxygen atoms in total. The molecule has 0 spiro atoms. The number of carbonyl (C=O) groups excluding carboxylic acids is 1. The molecule has 3 aromatic rings. The number of carbonyl (C=O) groups is 1. The first kappa shape index (κ1) is 28.0. The van der Waals surface area contributed by atoms with Crippen LogP contribution in [0.15, 0.2) is 66.7 Å². The van der Waals surface area contributed by atoms with Crippen LogP contribution in [-0.4, -0.2) is 73.5 Å². The van der Waals surface area contributed by atoms with Crippen molar-refractivity contribution in [3.63, 3.8) is 0 Å². The number of nitrogens with two attached hydrogens (primary N) is 1. The van der Waals surface area contributed by atoms with Gasteiger partial charge in [-0.25, -0.2) is 0 Å². The number of piperazine rings is 1. The number of primary amides is 1. The van der Waals surface area contributed by atoms with Crippen LogP contribution in [0.1, 0.15) is 21.5 Å². The van der Waals surface area contributed by atoms with Gasteiger partial charge in [-0.3, -0.25) is 14.6 Å². The van der Waals surface area contributed by atoms with Crippen LogP contribution in [0.25, 0.3) is 0 Å². The molecule has 1 heterocycles. The maximum absolute atomic E-state index is 10.5. The molecule has 1 amide bonds. The van der Waals surface area contributed by atoms with Crippen molar-refractivity contribution in [1.29, 1.82) is 5.41 Å². The van der Waals surface area contributed by atoms with Crippen molar-refractivity contribution in [1.82, 2.24) is 9.80 Å². The molecule has 0 radical (unpaired) electrons. The number of hydrogen-bond acceptors (Lipinski definition) is 7. The number of nitrogens with zero attached hydrogens (tertiary/aromatic N) is 2. The molecule has 0 aromatic heterocycles. The number of aromatic hydroxyl groups is 1. The van der Waals surface area contributed by atoms with Crippen LogP contribution in [0.2, 0.25) is 5.02 Å². The number of methoxy groups -OCH3 is 1. The smallest absolute Gasteiger partial charge is 0.248 e. The summed E-state index contributed by atoms with van der Waals surface area (Å²) in [4.78, 5) is 15.5. The van der Waals surface area contributed by atoms with E-state index < -0.39 is 5.91 Å². The van der Waals surface area contributed by atoms with Crippen molar-refractivity contribution in [2.45, 2.75) is 6.54 Å². The van der Waals surface area contributed by atoms with Gasteiger partial charge in [0.25, 0.3) is 0 Å². The van der Waals surface area contributed by atoms with Crippen LogP contribution >= 0.6 is 11.6 Å². The van der Waals surface area contributed by atoms with Crippen LogP contribution in [0, 0.1) is 5.41 Å². The Balaban J connectivity index is 0.000000289. The molecule has 9 heteroatoms. The van der Waals surface area contributed by atoms with Gasteiger partial charge in [-0.2, -0.15) is 0 Å². The lowest BCUT2D eigenvalue weighted by Gasteiger charge is -2.34. The second kappa shape index (κ2) is 14.2. The molecule has 0 atom stereocenters. The van der Waals surface area contributed by atoms with E-state index in [2.05, 4.69) is 40.1 Å². The van der Waals surface area contributed by atoms with E-state index in [0.29, 0.717) is 12.4 Å². The zero-order valence-electron chi connectivity index (χ0n) is 20.9. The first-order valence-electron chi connectivity index (χ1n) is 12.0. The molecule has 1 aliphatic rings. The van der Waals surface area contributed by atoms with Crippen LogP contribution in [0.3, 0.4) is 0 Å². The van der Waals surface area contributed by atoms with Gasteiger partial charge >= 0.3 is 0 Å². The highest BCUT2D eigenvalue weighted by molar-refractivity contribution is 6.32. The van der Waals surface area contributed by atoms with E-state index in [4.69, 9.17) is 37.3 Å². The lowest BCUT2D eigenvalue weighted by Crippen LogP contribution is -2.47. The second-order valence-electron chi connectivity index (χ2n) is 8.53. The van der Waals surface area contributed by atoms with Gasteiger partial charge in [-0.15, -0.1) is 0 Å². The Bertz CT molecular complexity index is 1170. The summed E-state index contributed by atoms with van der Waals surface area (Å²) < 4.78 is 11.1. The zero-order chi connectivity index (χ0) is 26.6. The molecule has 4 rings (SSSR count). The molecular formula is C28H33ClN4O4. The molecule has 0 saturated carbocycles. The third kappa shape index (κ3) is 8.78. The van der Waals surface area contributed by atoms with Crippen LogP contribution < -0.4 is 15.2 Å². The average molecular weight is 525 g/mol. The number of amides is 1. The largest absolute Gasteiger partial charge is 0.506 e. The normalized spacial score (nSPS) is 13.8. The fourth-order valence-corrected chi connectivity index (χ4v) is 4.05. The molecule has 1 aliphatic heterocycles. The number of benzene rings is 3. The van der Waals surface area contributed by atoms with Gasteiger partial charge in [0.15, 0.2) is 0 Å². The SMILES string of the molecule is COc1cc(OCCN2CCN(Cc3ccccc3)CC2)ccc1C=N.NC(=O)c1ccc(O)c(Cl)c1. The van der Waals surface area contributed by atoms with Gasteiger partial charge in [-0.05, 0) is 35.9 Å². The van der Waals surface area contributed by atoms with Gasteiger partial charge in [-0.1, -0.05) is 41.9 Å². The van der Waals surface area contributed by atoms with Gasteiger partial charge in [0.05, 0.1) is 12.1 Å². The highest BCUT2D eigenvalue weighted by Crippen LogP contribution is 2.24. The summed E-state index contributed by atoms with van der Waals surface area (Å²) >= 11 is 5.50. The number of ether oxygens (including phenoxy) is 2. The van der Waals surface area contributed by atoms with Crippen LogP contribution in [-0.2, 0) is 6.54 Å². The van der Waals surface area contributed by atoms with Gasteiger partial charge in [0, 0.05) is 62.7 Å². The quantitative estimate of drug-likeness (QED) is 0.364. The Morgan fingerprint density at radius 2 is 1.76 bits per heavy atom. The Labute approximate surface area is 222 Å². The third-order valence-electron chi connectivity index (χ3n) is 5.98. The summed E-state index contributed by atoms with van der Waals surface area (Å²) in [6.07, 6.45) is 1.29. The highest BCUT2D eigenvalue weighted by atomic mass is 35.5. The van der Waals surface area contributed by atoms with Crippen LogP contribution in [0.4, 0.5) is 0 Å². The molecule has 1 saturated heterocycles. The molecule has 0 bridgehead atoms. The van der Waals surface area contributed by atoms with Crippen molar-refractivity contribution in [3.05, 3.63) is 88.4 Å². The molecule has 37 heavy (non-hydrogen) atoms. The number of phenols is 1. The van der Waals surface area contributed by atoms with Gasteiger partial charge in [0.1, 0.15) is 23.9 Å². The van der Waals surface area contributed by atoms with Crippen LogP contribution in [0.5, 0.6) is 17.2 Å². The molecule has 0 unspecified atom stereocenters. The summed E-state index contributed by atoms with van der Waals surface area (Å²) in [6.45, 7) is 6.95. The van der Waals surface area contributed by atoms with E-state index in [-0.39, 0.29) is 16.3 Å². The Morgan fingerprint density at radius 1 is 1.05 bits per heavy atom. The lowest BCUT2D eigenvalue weighted by atomic mass is 10.2. The summed E-state index contributed by atoms with van der Waals surface area (Å²) in [6, 6.07) is 20.3. The minimum atomic E-state index is -0.563. The van der Waals surface area contributed by atoms with E-state index in [1.54, 1.807) is 7.11 Å². The summed E-state index contributed by atoms with van der Waals surface area (Å²) in [5.41, 5.74) is 7.38. The molecule has 0 aliphatic carbocycles. The van der Waals surface area contributed by atoms with Gasteiger partial charge in [0.2, 0.25) is 5.91 Å². The molecular weight excluding hydrogens is 492 g/mol. The molecule has 3 aromatic carbocycles. The van der Waals surface area contributed by atoms with E-state index in [0.717, 1.165) is 50.6 Å². The Morgan fingerprint density at radius 3 is 2.38 bits per heavy atom. The van der Waals surface area contributed by atoms with Gasteiger partial charge < -0.3 is 25.7 Å². The van der Waals surface area contributed by atoms with E-state index in [1.807, 2.05) is 18.2 Å². The standard InChI is InChI=1S/C21H27N3O2.C7H6ClNO2/c1-25-21-15-20(8-7-19(21)16-22)26-14-13-23-9-11-24(12-10-23)17-18-5-3-2-4-6-18;8-5-3-4(7(9)11)1-2-6(5)10/h2-8,15-16,22H,9-14,17H2,1H3;1-3,10H,(H2,9,11). The first-order valence-corrected chi connectivity index (χ1v) is 12.4. The number of rotatable bonds is 9. The molecule has 196 valence electrons. The maximum Gasteiger partial charge on any atom is 0.248 e. The van der Waals surface area contributed by atoms with Crippen molar-refractivity contribution < 1.29 is 19.4 Å². The number of halogens is 1. The number of nitrogens with one attached hydrogen (secondary N) is 1.